The number of hydrogen-bond donors (Lipinski definition) is 3. The molecule has 3 unspecified atom stereocenters. The van der Waals surface area contributed by atoms with Gasteiger partial charge in [-0.05, 0) is 38.6 Å². The van der Waals surface area contributed by atoms with Crippen molar-refractivity contribution in [3.8, 4) is 0 Å². The summed E-state index contributed by atoms with van der Waals surface area (Å²) >= 11 is 0. The third-order valence-electron chi connectivity index (χ3n) is 3.10. The Morgan fingerprint density at radius 2 is 2.29 bits per heavy atom. The standard InChI is InChI=1S/C11H24N2O/c1-2-11(14)6-7-13-10-5-3-4-9(12)8-10/h9-11,13-14H,2-8,12H2,1H3. The molecule has 1 saturated carbocycles. The first kappa shape index (κ1) is 12.0. The normalized spacial score (nSPS) is 30.2. The second kappa shape index (κ2) is 6.38. The predicted octanol–water partition coefficient (Wildman–Crippen LogP) is 1.01. The van der Waals surface area contributed by atoms with Gasteiger partial charge in [0.05, 0.1) is 6.10 Å². The second-order valence-corrected chi connectivity index (χ2v) is 4.43. The van der Waals surface area contributed by atoms with Crippen LogP contribution in [0.3, 0.4) is 0 Å². The van der Waals surface area contributed by atoms with Crippen molar-refractivity contribution in [2.75, 3.05) is 6.54 Å². The number of aliphatic hydroxyl groups excluding tert-OH is 1. The molecule has 1 fully saturated rings. The van der Waals surface area contributed by atoms with Crippen LogP contribution in [0, 0.1) is 0 Å². The van der Waals surface area contributed by atoms with E-state index in [1.165, 1.54) is 19.3 Å². The molecule has 4 N–H and O–H groups in total. The molecule has 0 aromatic carbocycles. The average Bonchev–Trinajstić information content (AvgIpc) is 2.17. The first-order valence-electron chi connectivity index (χ1n) is 5.89. The zero-order chi connectivity index (χ0) is 10.4. The van der Waals surface area contributed by atoms with E-state index in [1.54, 1.807) is 0 Å². The monoisotopic (exact) mass is 200 g/mol. The van der Waals surface area contributed by atoms with E-state index in [4.69, 9.17) is 5.73 Å². The maximum atomic E-state index is 9.37. The van der Waals surface area contributed by atoms with Crippen LogP contribution in [0.2, 0.25) is 0 Å². The van der Waals surface area contributed by atoms with Gasteiger partial charge >= 0.3 is 0 Å². The van der Waals surface area contributed by atoms with Crippen molar-refractivity contribution in [1.82, 2.24) is 5.32 Å². The van der Waals surface area contributed by atoms with Crippen LogP contribution in [0.4, 0.5) is 0 Å². The number of aliphatic hydroxyl groups is 1. The fourth-order valence-corrected chi connectivity index (χ4v) is 2.07. The molecule has 3 heteroatoms. The Morgan fingerprint density at radius 1 is 1.50 bits per heavy atom. The first-order valence-corrected chi connectivity index (χ1v) is 5.89. The molecule has 0 saturated heterocycles. The Hall–Kier alpha value is -0.120. The van der Waals surface area contributed by atoms with Gasteiger partial charge in [0, 0.05) is 12.1 Å². The number of rotatable bonds is 5. The van der Waals surface area contributed by atoms with E-state index in [0.717, 1.165) is 25.8 Å². The Morgan fingerprint density at radius 3 is 2.93 bits per heavy atom. The molecule has 0 radical (unpaired) electrons. The SMILES string of the molecule is CCC(O)CCNC1CCCC(N)C1. The van der Waals surface area contributed by atoms with Gasteiger partial charge in [0.1, 0.15) is 0 Å². The third kappa shape index (κ3) is 4.40. The third-order valence-corrected chi connectivity index (χ3v) is 3.10. The van der Waals surface area contributed by atoms with Crippen molar-refractivity contribution in [3.63, 3.8) is 0 Å². The summed E-state index contributed by atoms with van der Waals surface area (Å²) in [6, 6.07) is 0.972. The van der Waals surface area contributed by atoms with E-state index in [2.05, 4.69) is 5.32 Å². The Kier molecular flexibility index (Phi) is 5.45. The number of nitrogens with two attached hydrogens (primary N) is 1. The summed E-state index contributed by atoms with van der Waals surface area (Å²) in [6.07, 6.45) is 6.34. The second-order valence-electron chi connectivity index (χ2n) is 4.43. The quantitative estimate of drug-likeness (QED) is 0.620. The first-order chi connectivity index (χ1) is 6.72. The lowest BCUT2D eigenvalue weighted by Gasteiger charge is -2.27. The zero-order valence-corrected chi connectivity index (χ0v) is 9.21. The van der Waals surface area contributed by atoms with Gasteiger partial charge in [0.2, 0.25) is 0 Å². The van der Waals surface area contributed by atoms with Gasteiger partial charge in [-0.3, -0.25) is 0 Å². The van der Waals surface area contributed by atoms with Gasteiger partial charge < -0.3 is 16.2 Å². The summed E-state index contributed by atoms with van der Waals surface area (Å²) in [4.78, 5) is 0. The van der Waals surface area contributed by atoms with E-state index in [1.807, 2.05) is 6.92 Å². The summed E-state index contributed by atoms with van der Waals surface area (Å²) in [5.74, 6) is 0. The summed E-state index contributed by atoms with van der Waals surface area (Å²) in [6.45, 7) is 2.94. The number of hydrogen-bond acceptors (Lipinski definition) is 3. The van der Waals surface area contributed by atoms with Gasteiger partial charge in [0.15, 0.2) is 0 Å². The summed E-state index contributed by atoms with van der Waals surface area (Å²) in [7, 11) is 0. The van der Waals surface area contributed by atoms with Gasteiger partial charge in [-0.15, -0.1) is 0 Å². The fourth-order valence-electron chi connectivity index (χ4n) is 2.07. The van der Waals surface area contributed by atoms with Crippen molar-refractivity contribution >= 4 is 0 Å². The lowest BCUT2D eigenvalue weighted by molar-refractivity contribution is 0.157. The number of nitrogens with one attached hydrogen (secondary N) is 1. The molecule has 1 rings (SSSR count). The smallest absolute Gasteiger partial charge is 0.0549 e. The molecule has 0 aliphatic heterocycles. The molecule has 14 heavy (non-hydrogen) atoms. The van der Waals surface area contributed by atoms with Gasteiger partial charge in [0.25, 0.3) is 0 Å². The lowest BCUT2D eigenvalue weighted by Crippen LogP contribution is -2.40. The molecule has 1 aliphatic carbocycles. The van der Waals surface area contributed by atoms with E-state index in [-0.39, 0.29) is 6.10 Å². The molecule has 3 nitrogen and oxygen atoms in total. The summed E-state index contributed by atoms with van der Waals surface area (Å²) in [5, 5.41) is 12.9. The molecular weight excluding hydrogens is 176 g/mol. The molecule has 84 valence electrons. The maximum Gasteiger partial charge on any atom is 0.0549 e. The lowest BCUT2D eigenvalue weighted by atomic mass is 9.91. The predicted molar refractivity (Wildman–Crippen MR) is 59.1 cm³/mol. The van der Waals surface area contributed by atoms with Crippen LogP contribution in [-0.2, 0) is 0 Å². The van der Waals surface area contributed by atoms with Crippen LogP contribution >= 0.6 is 0 Å². The van der Waals surface area contributed by atoms with E-state index >= 15 is 0 Å². The van der Waals surface area contributed by atoms with Crippen LogP contribution in [0.25, 0.3) is 0 Å². The largest absolute Gasteiger partial charge is 0.393 e. The van der Waals surface area contributed by atoms with Crippen LogP contribution in [0.15, 0.2) is 0 Å². The van der Waals surface area contributed by atoms with Crippen LogP contribution in [0.5, 0.6) is 0 Å². The molecule has 0 spiro atoms. The molecule has 0 heterocycles. The average molecular weight is 200 g/mol. The molecule has 0 aromatic heterocycles. The summed E-state index contributed by atoms with van der Waals surface area (Å²) in [5.41, 5.74) is 5.89. The van der Waals surface area contributed by atoms with Crippen LogP contribution in [-0.4, -0.2) is 29.8 Å². The van der Waals surface area contributed by atoms with Crippen molar-refractivity contribution in [3.05, 3.63) is 0 Å². The highest BCUT2D eigenvalue weighted by molar-refractivity contribution is 4.79. The summed E-state index contributed by atoms with van der Waals surface area (Å²) < 4.78 is 0. The Labute approximate surface area is 87.1 Å². The van der Waals surface area contributed by atoms with Gasteiger partial charge in [-0.2, -0.15) is 0 Å². The molecule has 0 bridgehead atoms. The van der Waals surface area contributed by atoms with Crippen molar-refractivity contribution in [1.29, 1.82) is 0 Å². The van der Waals surface area contributed by atoms with Crippen LogP contribution < -0.4 is 11.1 Å². The Balaban J connectivity index is 2.05. The molecule has 3 atom stereocenters. The van der Waals surface area contributed by atoms with Crippen molar-refractivity contribution < 1.29 is 5.11 Å². The molecule has 0 amide bonds. The highest BCUT2D eigenvalue weighted by atomic mass is 16.3. The van der Waals surface area contributed by atoms with Crippen molar-refractivity contribution in [2.45, 2.75) is 63.6 Å². The molecule has 1 aliphatic rings. The van der Waals surface area contributed by atoms with Gasteiger partial charge in [-0.25, -0.2) is 0 Å². The van der Waals surface area contributed by atoms with Crippen LogP contribution in [0.1, 0.15) is 45.4 Å². The topological polar surface area (TPSA) is 58.3 Å². The van der Waals surface area contributed by atoms with E-state index < -0.39 is 0 Å². The van der Waals surface area contributed by atoms with Gasteiger partial charge in [-0.1, -0.05) is 13.3 Å². The molecule has 0 aromatic rings. The highest BCUT2D eigenvalue weighted by Gasteiger charge is 2.18. The minimum Gasteiger partial charge on any atom is -0.393 e. The van der Waals surface area contributed by atoms with E-state index in [9.17, 15) is 5.11 Å². The fraction of sp³-hybridized carbons (Fsp3) is 1.00. The zero-order valence-electron chi connectivity index (χ0n) is 9.21. The Bertz CT molecular complexity index is 152. The highest BCUT2D eigenvalue weighted by Crippen LogP contribution is 2.16. The maximum absolute atomic E-state index is 9.37. The minimum atomic E-state index is -0.139. The molecular formula is C11H24N2O. The van der Waals surface area contributed by atoms with Crippen molar-refractivity contribution in [2.24, 2.45) is 5.73 Å². The minimum absolute atomic E-state index is 0.139. The van der Waals surface area contributed by atoms with E-state index in [0.29, 0.717) is 12.1 Å².